The highest BCUT2D eigenvalue weighted by molar-refractivity contribution is 8.00. The Balaban J connectivity index is 3.00. The molecule has 0 saturated heterocycles. The summed E-state index contributed by atoms with van der Waals surface area (Å²) in [5.74, 6) is 0. The molecule has 1 rings (SSSR count). The minimum Gasteiger partial charge on any atom is -0.395 e. The van der Waals surface area contributed by atoms with Crippen LogP contribution in [0, 0.1) is 6.92 Å². The fourth-order valence-electron chi connectivity index (χ4n) is 1.45. The third-order valence-corrected chi connectivity index (χ3v) is 3.88. The molecular weight excluding hydrogens is 216 g/mol. The summed E-state index contributed by atoms with van der Waals surface area (Å²) in [7, 11) is 0. The van der Waals surface area contributed by atoms with Crippen LogP contribution in [0.3, 0.4) is 0 Å². The third-order valence-electron chi connectivity index (χ3n) is 2.64. The fraction of sp³-hybridized carbons (Fsp3) is 0.571. The van der Waals surface area contributed by atoms with Crippen molar-refractivity contribution in [3.05, 3.63) is 29.3 Å². The van der Waals surface area contributed by atoms with Gasteiger partial charge in [0, 0.05) is 10.1 Å². The van der Waals surface area contributed by atoms with Gasteiger partial charge in [0.25, 0.3) is 0 Å². The van der Waals surface area contributed by atoms with Crippen LogP contribution in [0.25, 0.3) is 0 Å². The highest BCUT2D eigenvalue weighted by Crippen LogP contribution is 2.31. The van der Waals surface area contributed by atoms with Gasteiger partial charge >= 0.3 is 0 Å². The van der Waals surface area contributed by atoms with E-state index in [2.05, 4.69) is 45.9 Å². The summed E-state index contributed by atoms with van der Waals surface area (Å²) in [5.41, 5.74) is 2.83. The molecule has 90 valence electrons. The van der Waals surface area contributed by atoms with Crippen LogP contribution in [0.4, 0.5) is 0 Å². The minimum atomic E-state index is 0.186. The molecule has 0 amide bonds. The van der Waals surface area contributed by atoms with Crippen molar-refractivity contribution in [3.63, 3.8) is 0 Å². The first-order valence-corrected chi connectivity index (χ1v) is 6.61. The van der Waals surface area contributed by atoms with Crippen molar-refractivity contribution < 1.29 is 5.11 Å². The Hall–Kier alpha value is -0.470. The maximum absolute atomic E-state index is 9.10. The van der Waals surface area contributed by atoms with Crippen LogP contribution in [0.2, 0.25) is 0 Å². The predicted molar refractivity (Wildman–Crippen MR) is 72.3 cm³/mol. The fourth-order valence-corrected chi connectivity index (χ4v) is 2.40. The van der Waals surface area contributed by atoms with Crippen molar-refractivity contribution in [1.29, 1.82) is 0 Å². The van der Waals surface area contributed by atoms with Crippen LogP contribution in [-0.2, 0) is 5.41 Å². The average Bonchev–Trinajstić information content (AvgIpc) is 2.19. The molecule has 1 N–H and O–H groups in total. The number of hydrogen-bond donors (Lipinski definition) is 1. The maximum Gasteiger partial charge on any atom is 0.0550 e. The van der Waals surface area contributed by atoms with Gasteiger partial charge < -0.3 is 5.11 Å². The van der Waals surface area contributed by atoms with Crippen molar-refractivity contribution >= 4 is 11.8 Å². The molecule has 2 heteroatoms. The number of aliphatic hydroxyl groups is 1. The Morgan fingerprint density at radius 1 is 1.31 bits per heavy atom. The summed E-state index contributed by atoms with van der Waals surface area (Å²) in [5, 5.41) is 9.35. The number of aliphatic hydroxyl groups excluding tert-OH is 1. The maximum atomic E-state index is 9.10. The van der Waals surface area contributed by atoms with Crippen molar-refractivity contribution in [1.82, 2.24) is 0 Å². The number of thioether (sulfide) groups is 1. The molecule has 0 aliphatic rings. The van der Waals surface area contributed by atoms with Crippen LogP contribution in [0.1, 0.15) is 38.8 Å². The quantitative estimate of drug-likeness (QED) is 0.809. The first-order valence-electron chi connectivity index (χ1n) is 5.73. The predicted octanol–water partition coefficient (Wildman–Crippen LogP) is 3.77. The number of benzene rings is 1. The zero-order valence-corrected chi connectivity index (χ0v) is 11.7. The monoisotopic (exact) mass is 238 g/mol. The SMILES string of the molecule is Cc1ccc(C(C)(C)C)cc1SC(C)CO. The average molecular weight is 238 g/mol. The molecule has 1 aromatic rings. The molecule has 1 aromatic carbocycles. The van der Waals surface area contributed by atoms with E-state index in [-0.39, 0.29) is 17.3 Å². The van der Waals surface area contributed by atoms with Gasteiger partial charge in [-0.15, -0.1) is 11.8 Å². The number of hydrogen-bond acceptors (Lipinski definition) is 2. The molecule has 0 heterocycles. The first-order chi connectivity index (χ1) is 7.34. The summed E-state index contributed by atoms with van der Waals surface area (Å²) in [4.78, 5) is 1.29. The molecule has 0 fully saturated rings. The lowest BCUT2D eigenvalue weighted by atomic mass is 9.87. The van der Waals surface area contributed by atoms with Gasteiger partial charge in [-0.1, -0.05) is 39.8 Å². The second kappa shape index (κ2) is 5.24. The largest absolute Gasteiger partial charge is 0.395 e. The van der Waals surface area contributed by atoms with Gasteiger partial charge in [-0.25, -0.2) is 0 Å². The molecule has 16 heavy (non-hydrogen) atoms. The topological polar surface area (TPSA) is 20.2 Å². The Kier molecular flexibility index (Phi) is 4.45. The van der Waals surface area contributed by atoms with Crippen LogP contribution in [-0.4, -0.2) is 17.0 Å². The Labute approximate surface area is 103 Å². The smallest absolute Gasteiger partial charge is 0.0550 e. The molecule has 0 spiro atoms. The zero-order chi connectivity index (χ0) is 12.3. The van der Waals surface area contributed by atoms with E-state index >= 15 is 0 Å². The Bertz CT molecular complexity index is 352. The van der Waals surface area contributed by atoms with Gasteiger partial charge in [0.05, 0.1) is 6.61 Å². The molecule has 1 unspecified atom stereocenters. The van der Waals surface area contributed by atoms with Crippen molar-refractivity contribution in [2.24, 2.45) is 0 Å². The van der Waals surface area contributed by atoms with Crippen molar-refractivity contribution in [2.75, 3.05) is 6.61 Å². The lowest BCUT2D eigenvalue weighted by molar-refractivity contribution is 0.300. The Morgan fingerprint density at radius 2 is 1.94 bits per heavy atom. The normalized spacial score (nSPS) is 13.9. The molecule has 0 saturated carbocycles. The lowest BCUT2D eigenvalue weighted by Gasteiger charge is -2.21. The van der Waals surface area contributed by atoms with E-state index in [4.69, 9.17) is 5.11 Å². The molecule has 0 aromatic heterocycles. The summed E-state index contributed by atoms with van der Waals surface area (Å²) in [6, 6.07) is 6.63. The number of rotatable bonds is 3. The summed E-state index contributed by atoms with van der Waals surface area (Å²) in [6.07, 6.45) is 0. The Morgan fingerprint density at radius 3 is 2.44 bits per heavy atom. The highest BCUT2D eigenvalue weighted by Gasteiger charge is 2.15. The van der Waals surface area contributed by atoms with E-state index in [1.165, 1.54) is 16.0 Å². The van der Waals surface area contributed by atoms with Gasteiger partial charge in [-0.3, -0.25) is 0 Å². The third kappa shape index (κ3) is 3.53. The standard InChI is InChI=1S/C14H22OS/c1-10-6-7-12(14(3,4)5)8-13(10)16-11(2)9-15/h6-8,11,15H,9H2,1-5H3. The summed E-state index contributed by atoms with van der Waals surface area (Å²) < 4.78 is 0. The highest BCUT2D eigenvalue weighted by atomic mass is 32.2. The van der Waals surface area contributed by atoms with Crippen LogP contribution >= 0.6 is 11.8 Å². The van der Waals surface area contributed by atoms with Crippen LogP contribution < -0.4 is 0 Å². The number of aryl methyl sites for hydroxylation is 1. The van der Waals surface area contributed by atoms with E-state index < -0.39 is 0 Å². The van der Waals surface area contributed by atoms with Gasteiger partial charge in [0.2, 0.25) is 0 Å². The van der Waals surface area contributed by atoms with Gasteiger partial charge in [-0.05, 0) is 29.5 Å². The summed E-state index contributed by atoms with van der Waals surface area (Å²) in [6.45, 7) is 11.1. The molecule has 0 bridgehead atoms. The molecule has 0 aliphatic carbocycles. The zero-order valence-electron chi connectivity index (χ0n) is 10.9. The van der Waals surface area contributed by atoms with Crippen molar-refractivity contribution in [2.45, 2.75) is 50.2 Å². The molecule has 0 radical (unpaired) electrons. The lowest BCUT2D eigenvalue weighted by Crippen LogP contribution is -2.11. The second-order valence-electron chi connectivity index (χ2n) is 5.34. The van der Waals surface area contributed by atoms with E-state index in [9.17, 15) is 0 Å². The first kappa shape index (κ1) is 13.6. The van der Waals surface area contributed by atoms with Gasteiger partial charge in [0.1, 0.15) is 0 Å². The van der Waals surface area contributed by atoms with Crippen LogP contribution in [0.5, 0.6) is 0 Å². The molecule has 0 aliphatic heterocycles. The van der Waals surface area contributed by atoms with Gasteiger partial charge in [0.15, 0.2) is 0 Å². The van der Waals surface area contributed by atoms with E-state index in [0.29, 0.717) is 0 Å². The van der Waals surface area contributed by atoms with E-state index in [1.807, 2.05) is 6.92 Å². The second-order valence-corrected chi connectivity index (χ2v) is 6.82. The molecule has 1 atom stereocenters. The minimum absolute atomic E-state index is 0.186. The van der Waals surface area contributed by atoms with Crippen LogP contribution in [0.15, 0.2) is 23.1 Å². The van der Waals surface area contributed by atoms with E-state index in [1.54, 1.807) is 11.8 Å². The van der Waals surface area contributed by atoms with E-state index in [0.717, 1.165) is 0 Å². The molecule has 1 nitrogen and oxygen atoms in total. The van der Waals surface area contributed by atoms with Gasteiger partial charge in [-0.2, -0.15) is 0 Å². The summed E-state index contributed by atoms with van der Waals surface area (Å²) >= 11 is 1.75. The molecular formula is C14H22OS. The van der Waals surface area contributed by atoms with Crippen molar-refractivity contribution in [3.8, 4) is 0 Å².